The SMILES string of the molecule is CCCCNC(=S)NN=Cc1c(C)nn(-c2cccc(Cl)c2)c1Cl. The molecule has 0 fully saturated rings. The van der Waals surface area contributed by atoms with Gasteiger partial charge in [0, 0.05) is 11.6 Å². The molecule has 24 heavy (non-hydrogen) atoms. The molecule has 0 aliphatic carbocycles. The molecular weight excluding hydrogens is 365 g/mol. The molecule has 1 aromatic carbocycles. The van der Waals surface area contributed by atoms with E-state index in [1.807, 2.05) is 19.1 Å². The molecule has 0 amide bonds. The van der Waals surface area contributed by atoms with E-state index < -0.39 is 0 Å². The van der Waals surface area contributed by atoms with Crippen molar-refractivity contribution < 1.29 is 0 Å². The molecule has 0 aliphatic rings. The van der Waals surface area contributed by atoms with Crippen molar-refractivity contribution in [3.63, 3.8) is 0 Å². The fraction of sp³-hybridized carbons (Fsp3) is 0.312. The summed E-state index contributed by atoms with van der Waals surface area (Å²) < 4.78 is 1.63. The minimum absolute atomic E-state index is 0.463. The number of aryl methyl sites for hydroxylation is 1. The summed E-state index contributed by atoms with van der Waals surface area (Å²) in [5.41, 5.74) is 5.05. The van der Waals surface area contributed by atoms with E-state index in [4.69, 9.17) is 35.4 Å². The van der Waals surface area contributed by atoms with Crippen LogP contribution in [0.15, 0.2) is 29.4 Å². The number of nitrogens with zero attached hydrogens (tertiary/aromatic N) is 3. The molecule has 0 unspecified atom stereocenters. The van der Waals surface area contributed by atoms with Crippen molar-refractivity contribution in [2.24, 2.45) is 5.10 Å². The molecular formula is C16H19Cl2N5S. The molecule has 0 aliphatic heterocycles. The molecule has 128 valence electrons. The normalized spacial score (nSPS) is 11.0. The molecule has 0 spiro atoms. The first-order valence-corrected chi connectivity index (χ1v) is 8.77. The van der Waals surface area contributed by atoms with Crippen molar-refractivity contribution in [2.45, 2.75) is 26.7 Å². The lowest BCUT2D eigenvalue weighted by molar-refractivity contribution is 0.745. The molecule has 2 rings (SSSR count). The van der Waals surface area contributed by atoms with Crippen LogP contribution >= 0.6 is 35.4 Å². The summed E-state index contributed by atoms with van der Waals surface area (Å²) in [6.45, 7) is 4.81. The van der Waals surface area contributed by atoms with E-state index in [1.165, 1.54) is 0 Å². The van der Waals surface area contributed by atoms with E-state index >= 15 is 0 Å². The van der Waals surface area contributed by atoms with Crippen LogP contribution in [0, 0.1) is 6.92 Å². The van der Waals surface area contributed by atoms with Gasteiger partial charge in [-0.2, -0.15) is 10.2 Å². The van der Waals surface area contributed by atoms with Crippen LogP contribution in [0.5, 0.6) is 0 Å². The number of aromatic nitrogens is 2. The Morgan fingerprint density at radius 2 is 2.21 bits per heavy atom. The molecule has 0 saturated carbocycles. The maximum Gasteiger partial charge on any atom is 0.186 e. The van der Waals surface area contributed by atoms with Gasteiger partial charge in [-0.05, 0) is 43.8 Å². The van der Waals surface area contributed by atoms with Crippen molar-refractivity contribution in [1.29, 1.82) is 0 Å². The Bertz CT molecular complexity index is 742. The van der Waals surface area contributed by atoms with E-state index in [0.717, 1.165) is 36.3 Å². The largest absolute Gasteiger partial charge is 0.361 e. The van der Waals surface area contributed by atoms with Gasteiger partial charge in [0.2, 0.25) is 0 Å². The van der Waals surface area contributed by atoms with Crippen LogP contribution in [0.3, 0.4) is 0 Å². The van der Waals surface area contributed by atoms with Gasteiger partial charge >= 0.3 is 0 Å². The second kappa shape index (κ2) is 9.01. The third-order valence-electron chi connectivity index (χ3n) is 3.28. The molecule has 0 atom stereocenters. The average Bonchev–Trinajstić information content (AvgIpc) is 2.83. The van der Waals surface area contributed by atoms with Crippen molar-refractivity contribution in [3.8, 4) is 5.69 Å². The molecule has 0 bridgehead atoms. The van der Waals surface area contributed by atoms with Crippen LogP contribution in [0.4, 0.5) is 0 Å². The van der Waals surface area contributed by atoms with E-state index in [2.05, 4.69) is 27.9 Å². The minimum atomic E-state index is 0.463. The second-order valence-corrected chi connectivity index (χ2v) is 6.36. The lowest BCUT2D eigenvalue weighted by atomic mass is 10.3. The van der Waals surface area contributed by atoms with Gasteiger partial charge in [0.15, 0.2) is 5.11 Å². The van der Waals surface area contributed by atoms with Crippen molar-refractivity contribution in [1.82, 2.24) is 20.5 Å². The van der Waals surface area contributed by atoms with Gasteiger partial charge in [-0.25, -0.2) is 4.68 Å². The summed E-state index contributed by atoms with van der Waals surface area (Å²) in [5, 5.41) is 13.2. The lowest BCUT2D eigenvalue weighted by Crippen LogP contribution is -2.32. The monoisotopic (exact) mass is 383 g/mol. The van der Waals surface area contributed by atoms with Gasteiger partial charge in [-0.15, -0.1) is 0 Å². The quantitative estimate of drug-likeness (QED) is 0.341. The highest BCUT2D eigenvalue weighted by Crippen LogP contribution is 2.23. The molecule has 5 nitrogen and oxygen atoms in total. The highest BCUT2D eigenvalue weighted by molar-refractivity contribution is 7.80. The average molecular weight is 384 g/mol. The van der Waals surface area contributed by atoms with Gasteiger partial charge < -0.3 is 5.32 Å². The number of hydrazone groups is 1. The zero-order chi connectivity index (χ0) is 17.5. The predicted molar refractivity (Wildman–Crippen MR) is 105 cm³/mol. The standard InChI is InChI=1S/C16H19Cl2N5S/c1-3-4-8-19-16(24)21-20-10-14-11(2)22-23(15(14)18)13-7-5-6-12(17)9-13/h5-7,9-10H,3-4,8H2,1-2H3,(H2,19,21,24). The maximum absolute atomic E-state index is 6.42. The maximum atomic E-state index is 6.42. The molecule has 2 N–H and O–H groups in total. The molecule has 0 radical (unpaired) electrons. The highest BCUT2D eigenvalue weighted by Gasteiger charge is 2.13. The van der Waals surface area contributed by atoms with Crippen LogP contribution in [0.1, 0.15) is 31.0 Å². The van der Waals surface area contributed by atoms with Gasteiger partial charge in [0.05, 0.1) is 23.2 Å². The Morgan fingerprint density at radius 1 is 1.42 bits per heavy atom. The summed E-state index contributed by atoms with van der Waals surface area (Å²) in [7, 11) is 0. The lowest BCUT2D eigenvalue weighted by Gasteiger charge is -2.05. The summed E-state index contributed by atoms with van der Waals surface area (Å²) in [5.74, 6) is 0. The van der Waals surface area contributed by atoms with Crippen molar-refractivity contribution in [2.75, 3.05) is 6.54 Å². The van der Waals surface area contributed by atoms with Gasteiger partial charge in [0.1, 0.15) is 5.15 Å². The highest BCUT2D eigenvalue weighted by atomic mass is 35.5. The Balaban J connectivity index is 2.09. The summed E-state index contributed by atoms with van der Waals surface area (Å²) in [6.07, 6.45) is 3.78. The number of hydrogen-bond donors (Lipinski definition) is 2. The van der Waals surface area contributed by atoms with Crippen molar-refractivity contribution in [3.05, 3.63) is 45.7 Å². The summed E-state index contributed by atoms with van der Waals surface area (Å²) >= 11 is 17.6. The summed E-state index contributed by atoms with van der Waals surface area (Å²) in [6, 6.07) is 7.33. The number of thiocarbonyl (C=S) groups is 1. The fourth-order valence-corrected chi connectivity index (χ4v) is 2.67. The first-order valence-electron chi connectivity index (χ1n) is 7.61. The topological polar surface area (TPSA) is 54.2 Å². The Kier molecular flexibility index (Phi) is 7.02. The molecule has 8 heteroatoms. The third-order valence-corrected chi connectivity index (χ3v) is 4.11. The van der Waals surface area contributed by atoms with Crippen LogP contribution in [-0.4, -0.2) is 27.7 Å². The molecule has 2 aromatic rings. The van der Waals surface area contributed by atoms with E-state index in [1.54, 1.807) is 23.0 Å². The van der Waals surface area contributed by atoms with E-state index in [9.17, 15) is 0 Å². The fourth-order valence-electron chi connectivity index (χ4n) is 2.01. The van der Waals surface area contributed by atoms with Crippen LogP contribution in [-0.2, 0) is 0 Å². The van der Waals surface area contributed by atoms with Gasteiger partial charge in [-0.1, -0.05) is 42.6 Å². The first-order chi connectivity index (χ1) is 11.5. The Hall–Kier alpha value is -1.63. The van der Waals surface area contributed by atoms with E-state index in [-0.39, 0.29) is 0 Å². The van der Waals surface area contributed by atoms with Crippen LogP contribution < -0.4 is 10.7 Å². The van der Waals surface area contributed by atoms with Gasteiger partial charge in [0.25, 0.3) is 0 Å². The second-order valence-electron chi connectivity index (χ2n) is 5.16. The number of nitrogens with one attached hydrogen (secondary N) is 2. The van der Waals surface area contributed by atoms with Gasteiger partial charge in [-0.3, -0.25) is 5.43 Å². The zero-order valence-electron chi connectivity index (χ0n) is 13.5. The zero-order valence-corrected chi connectivity index (χ0v) is 15.8. The Morgan fingerprint density at radius 3 is 2.92 bits per heavy atom. The smallest absolute Gasteiger partial charge is 0.186 e. The number of halogens is 2. The molecule has 1 aromatic heterocycles. The first kappa shape index (κ1) is 18.7. The number of unbranched alkanes of at least 4 members (excludes halogenated alkanes) is 1. The Labute approximate surface area is 157 Å². The molecule has 0 saturated heterocycles. The molecule has 1 heterocycles. The predicted octanol–water partition coefficient (Wildman–Crippen LogP) is 4.09. The number of benzene rings is 1. The van der Waals surface area contributed by atoms with E-state index in [0.29, 0.717) is 15.3 Å². The van der Waals surface area contributed by atoms with Crippen LogP contribution in [0.2, 0.25) is 10.2 Å². The van der Waals surface area contributed by atoms with Crippen LogP contribution in [0.25, 0.3) is 5.69 Å². The summed E-state index contributed by atoms with van der Waals surface area (Å²) in [4.78, 5) is 0. The van der Waals surface area contributed by atoms with Crippen molar-refractivity contribution >= 4 is 46.7 Å². The minimum Gasteiger partial charge on any atom is -0.361 e. The number of rotatable bonds is 6. The third kappa shape index (κ3) is 4.93. The number of hydrogen-bond acceptors (Lipinski definition) is 3.